The molecule has 1 amide bonds. The van der Waals surface area contributed by atoms with E-state index in [1.54, 1.807) is 39.8 Å². The molecule has 0 aromatic heterocycles. The van der Waals surface area contributed by atoms with Gasteiger partial charge in [-0.3, -0.25) is 4.79 Å². The Bertz CT molecular complexity index is 560. The van der Waals surface area contributed by atoms with E-state index in [0.717, 1.165) is 11.1 Å². The topological polar surface area (TPSA) is 64.6 Å². The molecule has 2 rings (SSSR count). The number of esters is 1. The van der Waals surface area contributed by atoms with Gasteiger partial charge in [-0.2, -0.15) is 0 Å². The van der Waals surface area contributed by atoms with Gasteiger partial charge >= 0.3 is 5.97 Å². The monoisotopic (exact) mass is 291 g/mol. The Morgan fingerprint density at radius 2 is 1.90 bits per heavy atom. The Morgan fingerprint density at radius 3 is 2.57 bits per heavy atom. The summed E-state index contributed by atoms with van der Waals surface area (Å²) in [5.41, 5.74) is 2.08. The number of hydrogen-bond donors (Lipinski definition) is 1. The molecule has 1 aromatic rings. The molecule has 0 aliphatic carbocycles. The van der Waals surface area contributed by atoms with Crippen molar-refractivity contribution in [3.05, 3.63) is 34.9 Å². The predicted molar refractivity (Wildman–Crippen MR) is 77.7 cm³/mol. The highest BCUT2D eigenvalue weighted by atomic mass is 16.6. The highest BCUT2D eigenvalue weighted by molar-refractivity contribution is 5.97. The van der Waals surface area contributed by atoms with Crippen molar-refractivity contribution in [2.45, 2.75) is 52.6 Å². The second kappa shape index (κ2) is 5.85. The van der Waals surface area contributed by atoms with Gasteiger partial charge in [0.2, 0.25) is 0 Å². The largest absolute Gasteiger partial charge is 0.458 e. The van der Waals surface area contributed by atoms with Gasteiger partial charge in [-0.1, -0.05) is 6.07 Å². The molecule has 0 bridgehead atoms. The van der Waals surface area contributed by atoms with Gasteiger partial charge in [0, 0.05) is 5.56 Å². The van der Waals surface area contributed by atoms with E-state index >= 15 is 0 Å². The van der Waals surface area contributed by atoms with Crippen molar-refractivity contribution in [3.63, 3.8) is 0 Å². The lowest BCUT2D eigenvalue weighted by Gasteiger charge is -2.22. The van der Waals surface area contributed by atoms with E-state index in [1.165, 1.54) is 0 Å². The number of carbonyl (C=O) groups excluding carboxylic acids is 2. The normalized spacial score (nSPS) is 15.2. The molecule has 0 saturated carbocycles. The van der Waals surface area contributed by atoms with Crippen LogP contribution in [0.2, 0.25) is 0 Å². The van der Waals surface area contributed by atoms with E-state index < -0.39 is 17.6 Å². The number of amides is 1. The van der Waals surface area contributed by atoms with E-state index in [0.29, 0.717) is 18.8 Å². The van der Waals surface area contributed by atoms with Gasteiger partial charge < -0.3 is 14.8 Å². The third-order valence-corrected chi connectivity index (χ3v) is 3.09. The first kappa shape index (κ1) is 15.5. The molecule has 0 radical (unpaired) electrons. The fourth-order valence-electron chi connectivity index (χ4n) is 2.04. The molecule has 21 heavy (non-hydrogen) atoms. The Kier molecular flexibility index (Phi) is 4.32. The molecule has 0 saturated heterocycles. The maximum absolute atomic E-state index is 12.2. The fraction of sp³-hybridized carbons (Fsp3) is 0.500. The lowest BCUT2D eigenvalue weighted by Crippen LogP contribution is -2.42. The first-order valence-corrected chi connectivity index (χ1v) is 6.99. The van der Waals surface area contributed by atoms with Crippen LogP contribution in [0.15, 0.2) is 18.2 Å². The van der Waals surface area contributed by atoms with Crippen molar-refractivity contribution < 1.29 is 19.1 Å². The highest BCUT2D eigenvalue weighted by Crippen LogP contribution is 2.20. The molecule has 0 unspecified atom stereocenters. The molecule has 114 valence electrons. The van der Waals surface area contributed by atoms with Gasteiger partial charge in [0.15, 0.2) is 0 Å². The minimum atomic E-state index is -0.693. The summed E-state index contributed by atoms with van der Waals surface area (Å²) in [6.45, 7) is 8.10. The number of benzene rings is 1. The Balaban J connectivity index is 1.99. The molecule has 1 N–H and O–H groups in total. The van der Waals surface area contributed by atoms with Crippen molar-refractivity contribution in [2.24, 2.45) is 0 Å². The van der Waals surface area contributed by atoms with Gasteiger partial charge in [-0.05, 0) is 51.0 Å². The third kappa shape index (κ3) is 4.04. The Labute approximate surface area is 124 Å². The Morgan fingerprint density at radius 1 is 1.24 bits per heavy atom. The molecule has 5 heteroatoms. The van der Waals surface area contributed by atoms with Crippen molar-refractivity contribution in [1.82, 2.24) is 5.32 Å². The van der Waals surface area contributed by atoms with Crippen LogP contribution in [0.1, 0.15) is 49.2 Å². The molecule has 0 spiro atoms. The van der Waals surface area contributed by atoms with Gasteiger partial charge in [-0.25, -0.2) is 4.79 Å². The minimum absolute atomic E-state index is 0.289. The summed E-state index contributed by atoms with van der Waals surface area (Å²) in [6, 6.07) is 4.74. The highest BCUT2D eigenvalue weighted by Gasteiger charge is 2.23. The summed E-state index contributed by atoms with van der Waals surface area (Å²) in [6.07, 6.45) is 0. The van der Waals surface area contributed by atoms with Crippen molar-refractivity contribution >= 4 is 11.9 Å². The molecule has 0 fully saturated rings. The fourth-order valence-corrected chi connectivity index (χ4v) is 2.04. The van der Waals surface area contributed by atoms with Crippen LogP contribution in [-0.2, 0) is 27.5 Å². The van der Waals surface area contributed by atoms with E-state index in [4.69, 9.17) is 9.47 Å². The number of nitrogens with one attached hydrogen (secondary N) is 1. The van der Waals surface area contributed by atoms with Gasteiger partial charge in [0.05, 0.1) is 13.2 Å². The van der Waals surface area contributed by atoms with Crippen LogP contribution in [0.3, 0.4) is 0 Å². The number of fused-ring (bicyclic) bond motifs is 1. The van der Waals surface area contributed by atoms with Gasteiger partial charge in [0.25, 0.3) is 5.91 Å². The lowest BCUT2D eigenvalue weighted by atomic mass is 10.1. The zero-order chi connectivity index (χ0) is 15.6. The smallest absolute Gasteiger partial charge is 0.328 e. The van der Waals surface area contributed by atoms with E-state index in [9.17, 15) is 9.59 Å². The molecular formula is C16H21NO4. The summed E-state index contributed by atoms with van der Waals surface area (Å²) < 4.78 is 10.6. The molecule has 1 heterocycles. The third-order valence-electron chi connectivity index (χ3n) is 3.09. The zero-order valence-electron chi connectivity index (χ0n) is 12.9. The van der Waals surface area contributed by atoms with Crippen LogP contribution in [0.4, 0.5) is 0 Å². The van der Waals surface area contributed by atoms with E-state index in [1.807, 2.05) is 6.07 Å². The summed E-state index contributed by atoms with van der Waals surface area (Å²) >= 11 is 0. The second-order valence-electron chi connectivity index (χ2n) is 6.20. The summed E-state index contributed by atoms with van der Waals surface area (Å²) in [5, 5.41) is 2.66. The maximum Gasteiger partial charge on any atom is 0.328 e. The minimum Gasteiger partial charge on any atom is -0.458 e. The molecule has 1 atom stereocenters. The Hall–Kier alpha value is -1.88. The number of carbonyl (C=O) groups is 2. The summed E-state index contributed by atoms with van der Waals surface area (Å²) in [4.78, 5) is 24.0. The van der Waals surface area contributed by atoms with Crippen LogP contribution in [0.25, 0.3) is 0 Å². The number of ether oxygens (including phenoxy) is 2. The molecule has 5 nitrogen and oxygen atoms in total. The van der Waals surface area contributed by atoms with Gasteiger partial charge in [-0.15, -0.1) is 0 Å². The van der Waals surface area contributed by atoms with Crippen LogP contribution in [-0.4, -0.2) is 23.5 Å². The van der Waals surface area contributed by atoms with E-state index in [-0.39, 0.29) is 5.91 Å². The summed E-state index contributed by atoms with van der Waals surface area (Å²) in [5.74, 6) is -0.733. The standard InChI is InChI=1S/C16H21NO4/c1-10(15(19)21-16(2,3)4)17-14(18)11-5-6-12-8-20-9-13(12)7-11/h5-7,10H,8-9H2,1-4H3,(H,17,18)/t10-/m0/s1. The number of rotatable bonds is 3. The summed E-state index contributed by atoms with van der Waals surface area (Å²) in [7, 11) is 0. The number of hydrogen-bond acceptors (Lipinski definition) is 4. The molecular weight excluding hydrogens is 270 g/mol. The van der Waals surface area contributed by atoms with Crippen molar-refractivity contribution in [3.8, 4) is 0 Å². The first-order valence-electron chi connectivity index (χ1n) is 6.99. The van der Waals surface area contributed by atoms with Crippen LogP contribution in [0.5, 0.6) is 0 Å². The van der Waals surface area contributed by atoms with Crippen molar-refractivity contribution in [1.29, 1.82) is 0 Å². The van der Waals surface area contributed by atoms with Gasteiger partial charge in [0.1, 0.15) is 11.6 Å². The quantitative estimate of drug-likeness (QED) is 0.867. The van der Waals surface area contributed by atoms with Crippen LogP contribution < -0.4 is 5.32 Å². The predicted octanol–water partition coefficient (Wildman–Crippen LogP) is 2.18. The van der Waals surface area contributed by atoms with Crippen molar-refractivity contribution in [2.75, 3.05) is 0 Å². The van der Waals surface area contributed by atoms with Crippen LogP contribution >= 0.6 is 0 Å². The SMILES string of the molecule is C[C@H](NC(=O)c1ccc2c(c1)COC2)C(=O)OC(C)(C)C. The molecule has 1 aliphatic rings. The molecule has 1 aromatic carbocycles. The zero-order valence-corrected chi connectivity index (χ0v) is 12.9. The lowest BCUT2D eigenvalue weighted by molar-refractivity contribution is -0.156. The van der Waals surface area contributed by atoms with E-state index in [2.05, 4.69) is 5.32 Å². The second-order valence-corrected chi connectivity index (χ2v) is 6.20. The average Bonchev–Trinajstić information content (AvgIpc) is 2.83. The molecule has 1 aliphatic heterocycles. The maximum atomic E-state index is 12.2. The van der Waals surface area contributed by atoms with Crippen LogP contribution in [0, 0.1) is 0 Å². The average molecular weight is 291 g/mol. The first-order chi connectivity index (χ1) is 9.76.